The third-order valence-electron chi connectivity index (χ3n) is 4.55. The van der Waals surface area contributed by atoms with E-state index in [1.807, 2.05) is 13.8 Å². The number of hydrogen-bond donors (Lipinski definition) is 5. The molecular formula is C20H36N10O. The van der Waals surface area contributed by atoms with Crippen LogP contribution in [0.15, 0.2) is 0 Å². The minimum absolute atomic E-state index is 0.238. The molecule has 0 bridgehead atoms. The van der Waals surface area contributed by atoms with Crippen LogP contribution in [0.25, 0.3) is 0 Å². The minimum atomic E-state index is 0.238. The van der Waals surface area contributed by atoms with Crippen LogP contribution in [0.2, 0.25) is 0 Å². The van der Waals surface area contributed by atoms with Gasteiger partial charge in [0.05, 0.1) is 0 Å². The summed E-state index contributed by atoms with van der Waals surface area (Å²) in [6, 6.07) is 0. The van der Waals surface area contributed by atoms with E-state index in [0.29, 0.717) is 23.7 Å². The Balaban J connectivity index is 1.67. The molecular weight excluding hydrogens is 396 g/mol. The van der Waals surface area contributed by atoms with Crippen molar-refractivity contribution >= 4 is 23.8 Å². The first-order valence-corrected chi connectivity index (χ1v) is 11.2. The largest absolute Gasteiger partial charge is 0.396 e. The molecule has 0 aromatic carbocycles. The summed E-state index contributed by atoms with van der Waals surface area (Å²) in [5.41, 5.74) is 5.70. The summed E-state index contributed by atoms with van der Waals surface area (Å²) in [6.07, 6.45) is 7.30. The van der Waals surface area contributed by atoms with Gasteiger partial charge in [-0.25, -0.2) is 0 Å². The predicted octanol–water partition coefficient (Wildman–Crippen LogP) is 2.03. The maximum atomic E-state index is 8.84. The van der Waals surface area contributed by atoms with Crippen LogP contribution in [-0.4, -0.2) is 61.3 Å². The number of aryl methyl sites for hydroxylation is 2. The van der Waals surface area contributed by atoms with Gasteiger partial charge in [-0.2, -0.15) is 29.9 Å². The van der Waals surface area contributed by atoms with E-state index in [2.05, 4.69) is 45.9 Å². The zero-order chi connectivity index (χ0) is 22.3. The van der Waals surface area contributed by atoms with Gasteiger partial charge >= 0.3 is 0 Å². The fraction of sp³-hybridized carbons (Fsp3) is 0.700. The van der Waals surface area contributed by atoms with E-state index >= 15 is 0 Å². The van der Waals surface area contributed by atoms with E-state index in [1.165, 1.54) is 0 Å². The smallest absolute Gasteiger partial charge is 0.227 e. The Hall–Kier alpha value is -2.82. The van der Waals surface area contributed by atoms with Crippen molar-refractivity contribution in [3.63, 3.8) is 0 Å². The van der Waals surface area contributed by atoms with Gasteiger partial charge in [0, 0.05) is 39.1 Å². The van der Waals surface area contributed by atoms with Crippen molar-refractivity contribution in [2.45, 2.75) is 65.2 Å². The van der Waals surface area contributed by atoms with Crippen LogP contribution < -0.4 is 21.7 Å². The monoisotopic (exact) mass is 432 g/mol. The first-order valence-electron chi connectivity index (χ1n) is 11.2. The molecule has 0 aliphatic heterocycles. The lowest BCUT2D eigenvalue weighted by Gasteiger charge is -2.10. The highest BCUT2D eigenvalue weighted by atomic mass is 16.2. The number of aromatic nitrogens is 6. The van der Waals surface area contributed by atoms with Crippen LogP contribution >= 0.6 is 0 Å². The van der Waals surface area contributed by atoms with Crippen LogP contribution in [0.1, 0.15) is 64.0 Å². The Labute approximate surface area is 184 Å². The van der Waals surface area contributed by atoms with Gasteiger partial charge in [0.25, 0.3) is 0 Å². The summed E-state index contributed by atoms with van der Waals surface area (Å²) >= 11 is 0. The molecule has 11 nitrogen and oxygen atoms in total. The highest BCUT2D eigenvalue weighted by Gasteiger charge is 2.05. The van der Waals surface area contributed by atoms with Gasteiger partial charge in [0.15, 0.2) is 0 Å². The molecule has 172 valence electrons. The molecule has 2 aromatic heterocycles. The van der Waals surface area contributed by atoms with Gasteiger partial charge in [-0.15, -0.1) is 0 Å². The number of aliphatic hydroxyl groups is 1. The van der Waals surface area contributed by atoms with Crippen molar-refractivity contribution < 1.29 is 5.11 Å². The third-order valence-corrected chi connectivity index (χ3v) is 4.55. The first kappa shape index (κ1) is 24.4. The van der Waals surface area contributed by atoms with Crippen molar-refractivity contribution in [2.24, 2.45) is 0 Å². The lowest BCUT2D eigenvalue weighted by Crippen LogP contribution is -2.13. The fourth-order valence-corrected chi connectivity index (χ4v) is 2.85. The molecule has 0 aliphatic carbocycles. The number of hydrogen-bond acceptors (Lipinski definition) is 11. The van der Waals surface area contributed by atoms with Gasteiger partial charge in [0.2, 0.25) is 23.8 Å². The first-order chi connectivity index (χ1) is 15.1. The van der Waals surface area contributed by atoms with Crippen molar-refractivity contribution in [2.75, 3.05) is 47.9 Å². The Morgan fingerprint density at radius 1 is 0.613 bits per heavy atom. The molecule has 0 spiro atoms. The van der Waals surface area contributed by atoms with Crippen molar-refractivity contribution in [3.8, 4) is 0 Å². The number of anilines is 4. The fourth-order valence-electron chi connectivity index (χ4n) is 2.85. The average molecular weight is 433 g/mol. The van der Waals surface area contributed by atoms with Crippen LogP contribution in [0.3, 0.4) is 0 Å². The maximum absolute atomic E-state index is 8.84. The van der Waals surface area contributed by atoms with Crippen LogP contribution in [0, 0.1) is 0 Å². The second-order valence-electron chi connectivity index (χ2n) is 7.16. The zero-order valence-electron chi connectivity index (χ0n) is 18.7. The van der Waals surface area contributed by atoms with Gasteiger partial charge in [-0.3, -0.25) is 0 Å². The molecule has 0 aliphatic rings. The molecule has 31 heavy (non-hydrogen) atoms. The van der Waals surface area contributed by atoms with Crippen LogP contribution in [-0.2, 0) is 12.8 Å². The van der Waals surface area contributed by atoms with Gasteiger partial charge in [-0.05, 0) is 38.5 Å². The quantitative estimate of drug-likeness (QED) is 0.247. The Morgan fingerprint density at radius 2 is 1.06 bits per heavy atom. The number of unbranched alkanes of at least 4 members (excludes halogenated alkanes) is 4. The number of nitrogens with one attached hydrogen (secondary N) is 3. The van der Waals surface area contributed by atoms with Gasteiger partial charge in [0.1, 0.15) is 11.6 Å². The van der Waals surface area contributed by atoms with Crippen molar-refractivity contribution in [3.05, 3.63) is 11.6 Å². The van der Waals surface area contributed by atoms with E-state index in [4.69, 9.17) is 10.8 Å². The second-order valence-corrected chi connectivity index (χ2v) is 7.16. The summed E-state index contributed by atoms with van der Waals surface area (Å²) in [7, 11) is 0. The number of nitrogen functional groups attached to an aromatic ring is 1. The Bertz CT molecular complexity index is 774. The van der Waals surface area contributed by atoms with E-state index in [-0.39, 0.29) is 12.6 Å². The zero-order valence-corrected chi connectivity index (χ0v) is 18.7. The minimum Gasteiger partial charge on any atom is -0.396 e. The van der Waals surface area contributed by atoms with E-state index in [9.17, 15) is 0 Å². The molecule has 0 fully saturated rings. The molecule has 11 heteroatoms. The van der Waals surface area contributed by atoms with Crippen molar-refractivity contribution in [1.82, 2.24) is 29.9 Å². The molecule has 0 unspecified atom stereocenters. The van der Waals surface area contributed by atoms with Gasteiger partial charge < -0.3 is 26.8 Å². The summed E-state index contributed by atoms with van der Waals surface area (Å²) in [5.74, 6) is 3.46. The summed E-state index contributed by atoms with van der Waals surface area (Å²) in [4.78, 5) is 25.8. The Morgan fingerprint density at radius 3 is 1.55 bits per heavy atom. The number of nitrogens with two attached hydrogens (primary N) is 1. The number of aliphatic hydroxyl groups excluding tert-OH is 1. The topological polar surface area (TPSA) is 160 Å². The normalized spacial score (nSPS) is 10.8. The van der Waals surface area contributed by atoms with Crippen LogP contribution in [0.5, 0.6) is 0 Å². The maximum Gasteiger partial charge on any atom is 0.227 e. The third kappa shape index (κ3) is 9.69. The molecule has 0 saturated heterocycles. The molecule has 0 amide bonds. The summed E-state index contributed by atoms with van der Waals surface area (Å²) < 4.78 is 0. The number of rotatable bonds is 16. The molecule has 0 saturated carbocycles. The van der Waals surface area contributed by atoms with Gasteiger partial charge in [-0.1, -0.05) is 13.8 Å². The van der Waals surface area contributed by atoms with E-state index < -0.39 is 0 Å². The lowest BCUT2D eigenvalue weighted by molar-refractivity contribution is 0.283. The van der Waals surface area contributed by atoms with Crippen molar-refractivity contribution in [1.29, 1.82) is 0 Å². The average Bonchev–Trinajstić information content (AvgIpc) is 2.77. The van der Waals surface area contributed by atoms with Crippen LogP contribution in [0.4, 0.5) is 23.8 Å². The van der Waals surface area contributed by atoms with E-state index in [0.717, 1.165) is 76.8 Å². The SMILES string of the molecule is CCc1nc(N)nc(NCCCCCNc2nc(CC)nc(NCCCCCO)n2)n1. The molecule has 2 heterocycles. The Kier molecular flexibility index (Phi) is 11.2. The molecule has 0 radical (unpaired) electrons. The lowest BCUT2D eigenvalue weighted by atomic mass is 10.2. The number of nitrogens with zero attached hydrogens (tertiary/aromatic N) is 6. The highest BCUT2D eigenvalue weighted by molar-refractivity contribution is 5.34. The summed E-state index contributed by atoms with van der Waals surface area (Å²) in [5, 5.41) is 18.6. The predicted molar refractivity (Wildman–Crippen MR) is 123 cm³/mol. The second kappa shape index (κ2) is 14.2. The molecule has 2 aromatic rings. The highest BCUT2D eigenvalue weighted by Crippen LogP contribution is 2.08. The molecule has 2 rings (SSSR count). The summed E-state index contributed by atoms with van der Waals surface area (Å²) in [6.45, 7) is 6.61. The molecule has 6 N–H and O–H groups in total. The van der Waals surface area contributed by atoms with E-state index in [1.54, 1.807) is 0 Å². The molecule has 0 atom stereocenters. The standard InChI is InChI=1S/C20H36N10O/c1-3-15-25-17(21)29-18(26-15)22-11-7-5-8-12-23-19-27-16(4-2)28-20(30-19)24-13-9-6-10-14-31/h31H,3-14H2,1-2H3,(H3,21,22,25,26,29)(H2,23,24,27,28,30).